The van der Waals surface area contributed by atoms with Crippen LogP contribution in [0.3, 0.4) is 0 Å². The Morgan fingerprint density at radius 3 is 2.18 bits per heavy atom. The van der Waals surface area contributed by atoms with Gasteiger partial charge in [-0.25, -0.2) is 0 Å². The first kappa shape index (κ1) is 18.8. The fourth-order valence-electron chi connectivity index (χ4n) is 2.20. The van der Waals surface area contributed by atoms with Crippen LogP contribution in [0.4, 0.5) is 0 Å². The number of hydrogen-bond donors (Lipinski definition) is 2. The van der Waals surface area contributed by atoms with Gasteiger partial charge in [0, 0.05) is 0 Å². The first-order valence-electron chi connectivity index (χ1n) is 7.26. The second-order valence-corrected chi connectivity index (χ2v) is 7.38. The van der Waals surface area contributed by atoms with E-state index in [-0.39, 0.29) is 13.2 Å². The van der Waals surface area contributed by atoms with Crippen molar-refractivity contribution in [1.82, 2.24) is 5.32 Å². The molecule has 0 heterocycles. The summed E-state index contributed by atoms with van der Waals surface area (Å²) in [5, 5.41) is 10.8. The van der Waals surface area contributed by atoms with E-state index in [1.165, 1.54) is 6.92 Å². The molecule has 1 rings (SSSR count). The highest BCUT2D eigenvalue weighted by atomic mass is 31.2. The van der Waals surface area contributed by atoms with E-state index in [0.717, 1.165) is 0 Å². The third-order valence-electron chi connectivity index (χ3n) is 3.35. The van der Waals surface area contributed by atoms with Gasteiger partial charge in [0.05, 0.1) is 13.2 Å². The highest BCUT2D eigenvalue weighted by Gasteiger charge is 2.49. The minimum atomic E-state index is -3.63. The number of aliphatic carboxylic acids is 1. The van der Waals surface area contributed by atoms with Gasteiger partial charge in [0.15, 0.2) is 0 Å². The van der Waals surface area contributed by atoms with Crippen LogP contribution in [0.1, 0.15) is 33.3 Å². The van der Waals surface area contributed by atoms with Crippen LogP contribution in [0, 0.1) is 0 Å². The lowest BCUT2D eigenvalue weighted by molar-refractivity contribution is -0.139. The third-order valence-corrected chi connectivity index (χ3v) is 6.03. The fraction of sp³-hybridized carbons (Fsp3) is 0.533. The van der Waals surface area contributed by atoms with Crippen LogP contribution in [0.15, 0.2) is 30.3 Å². The summed E-state index contributed by atoms with van der Waals surface area (Å²) in [6, 6.07) is 8.04. The summed E-state index contributed by atoms with van der Waals surface area (Å²) in [4.78, 5) is 11.2. The SMILES string of the molecule is CCOP(=O)(OCC)C(C)(NC(C)C(=O)O)c1ccccc1. The molecule has 6 nitrogen and oxygen atoms in total. The van der Waals surface area contributed by atoms with Gasteiger partial charge >= 0.3 is 13.6 Å². The van der Waals surface area contributed by atoms with Crippen molar-refractivity contribution < 1.29 is 23.5 Å². The van der Waals surface area contributed by atoms with E-state index in [9.17, 15) is 14.5 Å². The number of nitrogens with one attached hydrogen (secondary N) is 1. The van der Waals surface area contributed by atoms with E-state index < -0.39 is 24.9 Å². The second kappa shape index (κ2) is 7.88. The van der Waals surface area contributed by atoms with Gasteiger partial charge in [-0.1, -0.05) is 30.3 Å². The molecule has 0 aliphatic rings. The van der Waals surface area contributed by atoms with E-state index >= 15 is 0 Å². The molecule has 0 fully saturated rings. The lowest BCUT2D eigenvalue weighted by Crippen LogP contribution is -2.48. The number of carboxylic acids is 1. The van der Waals surface area contributed by atoms with Crippen molar-refractivity contribution in [3.63, 3.8) is 0 Å². The Kier molecular flexibility index (Phi) is 6.75. The van der Waals surface area contributed by atoms with Crippen molar-refractivity contribution in [2.24, 2.45) is 0 Å². The van der Waals surface area contributed by atoms with E-state index in [4.69, 9.17) is 9.05 Å². The monoisotopic (exact) mass is 329 g/mol. The van der Waals surface area contributed by atoms with Crippen molar-refractivity contribution in [3.05, 3.63) is 35.9 Å². The quantitative estimate of drug-likeness (QED) is 0.677. The molecular formula is C15H24NO5P. The lowest BCUT2D eigenvalue weighted by Gasteiger charge is -2.38. The summed E-state index contributed by atoms with van der Waals surface area (Å²) in [5.74, 6) is -1.04. The van der Waals surface area contributed by atoms with Gasteiger partial charge in [0.2, 0.25) is 0 Å². The van der Waals surface area contributed by atoms with Gasteiger partial charge in [-0.15, -0.1) is 0 Å². The van der Waals surface area contributed by atoms with E-state index in [2.05, 4.69) is 5.32 Å². The summed E-state index contributed by atoms with van der Waals surface area (Å²) >= 11 is 0. The largest absolute Gasteiger partial charge is 0.480 e. The average molecular weight is 329 g/mol. The molecule has 0 spiro atoms. The maximum Gasteiger partial charge on any atom is 0.354 e. The summed E-state index contributed by atoms with van der Waals surface area (Å²) in [6.07, 6.45) is 0. The van der Waals surface area contributed by atoms with Gasteiger partial charge in [-0.2, -0.15) is 0 Å². The standard InChI is InChI=1S/C15H24NO5P/c1-5-20-22(19,21-6-2)15(4,16-12(3)14(17)18)13-10-8-7-9-11-13/h7-12,16H,5-6H2,1-4H3,(H,17,18). The molecule has 0 bridgehead atoms. The molecule has 2 unspecified atom stereocenters. The zero-order valence-corrected chi connectivity index (χ0v) is 14.3. The predicted octanol–water partition coefficient (Wildman–Crippen LogP) is 3.19. The summed E-state index contributed by atoms with van der Waals surface area (Å²) < 4.78 is 24.2. The molecule has 2 N–H and O–H groups in total. The average Bonchev–Trinajstić information content (AvgIpc) is 2.48. The predicted molar refractivity (Wildman–Crippen MR) is 84.9 cm³/mol. The first-order chi connectivity index (χ1) is 10.3. The lowest BCUT2D eigenvalue weighted by atomic mass is 10.1. The summed E-state index contributed by atoms with van der Waals surface area (Å²) in [7, 11) is -3.63. The van der Waals surface area contributed by atoms with Gasteiger partial charge in [-0.3, -0.25) is 14.7 Å². The van der Waals surface area contributed by atoms with Gasteiger partial charge in [0.25, 0.3) is 0 Å². The number of benzene rings is 1. The highest BCUT2D eigenvalue weighted by Crippen LogP contribution is 2.63. The zero-order chi connectivity index (χ0) is 16.8. The molecular weight excluding hydrogens is 305 g/mol. The second-order valence-electron chi connectivity index (χ2n) is 4.98. The molecule has 0 aliphatic heterocycles. The molecule has 1 aromatic rings. The smallest absolute Gasteiger partial charge is 0.354 e. The van der Waals surface area contributed by atoms with Crippen molar-refractivity contribution >= 4 is 13.6 Å². The number of rotatable bonds is 9. The molecule has 7 heteroatoms. The highest BCUT2D eigenvalue weighted by molar-refractivity contribution is 7.55. The first-order valence-corrected chi connectivity index (χ1v) is 8.80. The summed E-state index contributed by atoms with van der Waals surface area (Å²) in [5.41, 5.74) is 0.647. The normalized spacial score (nSPS) is 16.0. The van der Waals surface area contributed by atoms with Crippen LogP contribution in [0.2, 0.25) is 0 Å². The molecule has 0 aromatic heterocycles. The van der Waals surface area contributed by atoms with E-state index in [1.54, 1.807) is 45.0 Å². The Labute approximate surface area is 131 Å². The molecule has 0 aliphatic carbocycles. The Bertz CT molecular complexity index is 526. The summed E-state index contributed by atoms with van der Waals surface area (Å²) in [6.45, 7) is 6.97. The van der Waals surface area contributed by atoms with E-state index in [0.29, 0.717) is 5.56 Å². The van der Waals surface area contributed by atoms with E-state index in [1.807, 2.05) is 6.07 Å². The van der Waals surface area contributed by atoms with Crippen LogP contribution in [-0.4, -0.2) is 30.3 Å². The molecule has 0 radical (unpaired) electrons. The van der Waals surface area contributed by atoms with Crippen LogP contribution in [0.25, 0.3) is 0 Å². The van der Waals surface area contributed by atoms with Crippen LogP contribution < -0.4 is 5.32 Å². The zero-order valence-electron chi connectivity index (χ0n) is 13.4. The Hall–Kier alpha value is -1.20. The van der Waals surface area contributed by atoms with Crippen LogP contribution in [-0.2, 0) is 23.7 Å². The Morgan fingerprint density at radius 2 is 1.77 bits per heavy atom. The van der Waals surface area contributed by atoms with Crippen molar-refractivity contribution in [1.29, 1.82) is 0 Å². The van der Waals surface area contributed by atoms with Gasteiger partial charge in [-0.05, 0) is 33.3 Å². The third kappa shape index (κ3) is 3.96. The Morgan fingerprint density at radius 1 is 1.27 bits per heavy atom. The number of hydrogen-bond acceptors (Lipinski definition) is 5. The molecule has 1 aromatic carbocycles. The number of carbonyl (C=O) groups is 1. The molecule has 0 saturated heterocycles. The molecule has 0 amide bonds. The van der Waals surface area contributed by atoms with Crippen molar-refractivity contribution in [2.45, 2.75) is 39.0 Å². The Balaban J connectivity index is 3.37. The van der Waals surface area contributed by atoms with Crippen LogP contribution in [0.5, 0.6) is 0 Å². The van der Waals surface area contributed by atoms with Gasteiger partial charge < -0.3 is 14.2 Å². The molecule has 22 heavy (non-hydrogen) atoms. The van der Waals surface area contributed by atoms with Crippen molar-refractivity contribution in [2.75, 3.05) is 13.2 Å². The molecule has 0 saturated carbocycles. The van der Waals surface area contributed by atoms with Crippen molar-refractivity contribution in [3.8, 4) is 0 Å². The van der Waals surface area contributed by atoms with Gasteiger partial charge in [0.1, 0.15) is 11.3 Å². The maximum absolute atomic E-state index is 13.3. The maximum atomic E-state index is 13.3. The van der Waals surface area contributed by atoms with Crippen LogP contribution >= 0.6 is 7.60 Å². The topological polar surface area (TPSA) is 84.9 Å². The molecule has 124 valence electrons. The number of carboxylic acid groups (broad SMARTS) is 1. The molecule has 2 atom stereocenters. The fourth-order valence-corrected chi connectivity index (χ4v) is 4.29. The minimum absolute atomic E-state index is 0.197. The minimum Gasteiger partial charge on any atom is -0.480 e.